The van der Waals surface area contributed by atoms with Crippen molar-refractivity contribution < 1.29 is 4.74 Å². The highest BCUT2D eigenvalue weighted by Gasteiger charge is 2.25. The fraction of sp³-hybridized carbons (Fsp3) is 0.455. The first-order chi connectivity index (χ1) is 6.40. The first-order valence-electron chi connectivity index (χ1n) is 4.62. The van der Waals surface area contributed by atoms with Gasteiger partial charge in [0.05, 0.1) is 12.7 Å². The van der Waals surface area contributed by atoms with Crippen LogP contribution in [0, 0.1) is 0 Å². The molecule has 70 valence electrons. The molecule has 2 unspecified atom stereocenters. The molecular formula is C11H13BrO. The molecule has 1 heterocycles. The topological polar surface area (TPSA) is 9.23 Å². The predicted octanol–water partition coefficient (Wildman–Crippen LogP) is 2.95. The zero-order chi connectivity index (χ0) is 9.10. The maximum Gasteiger partial charge on any atom is 0.0678 e. The normalized spacial score (nSPS) is 27.8. The van der Waals surface area contributed by atoms with Crippen LogP contribution in [-0.4, -0.2) is 18.0 Å². The highest BCUT2D eigenvalue weighted by atomic mass is 79.9. The lowest BCUT2D eigenvalue weighted by molar-refractivity contribution is 0.127. The number of rotatable bonds is 2. The Bertz CT molecular complexity index is 260. The fourth-order valence-electron chi connectivity index (χ4n) is 1.77. The molecule has 1 aromatic carbocycles. The molecule has 1 nitrogen and oxygen atoms in total. The van der Waals surface area contributed by atoms with Crippen molar-refractivity contribution >= 4 is 15.9 Å². The summed E-state index contributed by atoms with van der Waals surface area (Å²) >= 11 is 3.45. The Kier molecular flexibility index (Phi) is 3.01. The molecule has 0 saturated carbocycles. The molecule has 1 aromatic rings. The van der Waals surface area contributed by atoms with Gasteiger partial charge in [0.15, 0.2) is 0 Å². The van der Waals surface area contributed by atoms with Crippen molar-refractivity contribution in [2.45, 2.75) is 18.4 Å². The second-order valence-electron chi connectivity index (χ2n) is 3.45. The summed E-state index contributed by atoms with van der Waals surface area (Å²) in [5.41, 5.74) is 1.41. The van der Waals surface area contributed by atoms with Crippen molar-refractivity contribution in [3.05, 3.63) is 35.9 Å². The minimum absolute atomic E-state index is 0.408. The molecule has 1 saturated heterocycles. The average molecular weight is 241 g/mol. The molecule has 0 spiro atoms. The lowest BCUT2D eigenvalue weighted by Crippen LogP contribution is -2.05. The summed E-state index contributed by atoms with van der Waals surface area (Å²) in [6.07, 6.45) is 1.56. The number of alkyl halides is 1. The lowest BCUT2D eigenvalue weighted by Gasteiger charge is -2.06. The van der Waals surface area contributed by atoms with Crippen LogP contribution in [0.4, 0.5) is 0 Å². The molecular weight excluding hydrogens is 228 g/mol. The van der Waals surface area contributed by atoms with E-state index in [1.54, 1.807) is 0 Å². The van der Waals surface area contributed by atoms with E-state index in [9.17, 15) is 0 Å². The molecule has 1 aliphatic rings. The molecule has 0 amide bonds. The number of halogens is 1. The smallest absolute Gasteiger partial charge is 0.0678 e. The van der Waals surface area contributed by atoms with Gasteiger partial charge in [-0.05, 0) is 12.0 Å². The first kappa shape index (κ1) is 9.22. The second kappa shape index (κ2) is 4.25. The molecule has 1 fully saturated rings. The second-order valence-corrected chi connectivity index (χ2v) is 4.10. The van der Waals surface area contributed by atoms with Crippen LogP contribution in [-0.2, 0) is 4.74 Å². The highest BCUT2D eigenvalue weighted by Crippen LogP contribution is 2.29. The van der Waals surface area contributed by atoms with Gasteiger partial charge in [-0.2, -0.15) is 0 Å². The van der Waals surface area contributed by atoms with E-state index >= 15 is 0 Å². The third kappa shape index (κ3) is 2.12. The molecule has 0 bridgehead atoms. The minimum atomic E-state index is 0.408. The summed E-state index contributed by atoms with van der Waals surface area (Å²) in [7, 11) is 0. The summed E-state index contributed by atoms with van der Waals surface area (Å²) in [6.45, 7) is 0.875. The Morgan fingerprint density at radius 2 is 2.08 bits per heavy atom. The monoisotopic (exact) mass is 240 g/mol. The zero-order valence-corrected chi connectivity index (χ0v) is 9.03. The van der Waals surface area contributed by atoms with Crippen molar-refractivity contribution in [1.29, 1.82) is 0 Å². The minimum Gasteiger partial charge on any atom is -0.377 e. The van der Waals surface area contributed by atoms with E-state index in [0.717, 1.165) is 18.4 Å². The van der Waals surface area contributed by atoms with Gasteiger partial charge in [-0.3, -0.25) is 0 Å². The van der Waals surface area contributed by atoms with Crippen molar-refractivity contribution in [3.63, 3.8) is 0 Å². The van der Waals surface area contributed by atoms with E-state index in [4.69, 9.17) is 4.74 Å². The van der Waals surface area contributed by atoms with Crippen molar-refractivity contribution in [2.24, 2.45) is 0 Å². The number of hydrogen-bond acceptors (Lipinski definition) is 1. The van der Waals surface area contributed by atoms with Crippen LogP contribution in [0.25, 0.3) is 0 Å². The van der Waals surface area contributed by atoms with Gasteiger partial charge in [0.25, 0.3) is 0 Å². The first-order valence-corrected chi connectivity index (χ1v) is 5.75. The Morgan fingerprint density at radius 1 is 1.31 bits per heavy atom. The molecule has 2 heteroatoms. The zero-order valence-electron chi connectivity index (χ0n) is 7.45. The summed E-state index contributed by atoms with van der Waals surface area (Å²) in [4.78, 5) is 0. The summed E-state index contributed by atoms with van der Waals surface area (Å²) in [5, 5.41) is 0.955. The summed E-state index contributed by atoms with van der Waals surface area (Å²) in [5.74, 6) is 0.601. The molecule has 0 aliphatic carbocycles. The molecule has 1 aliphatic heterocycles. The Hall–Kier alpha value is -0.340. The maximum absolute atomic E-state index is 5.62. The van der Waals surface area contributed by atoms with E-state index in [0.29, 0.717) is 12.0 Å². The van der Waals surface area contributed by atoms with Crippen molar-refractivity contribution in [1.82, 2.24) is 0 Å². The van der Waals surface area contributed by atoms with E-state index in [2.05, 4.69) is 46.3 Å². The highest BCUT2D eigenvalue weighted by molar-refractivity contribution is 9.09. The van der Waals surface area contributed by atoms with Crippen LogP contribution >= 0.6 is 15.9 Å². The standard InChI is InChI=1S/C11H13BrO/c12-7-11-6-10(8-13-11)9-4-2-1-3-5-9/h1-5,10-11H,6-8H2. The number of hydrogen-bond donors (Lipinski definition) is 0. The fourth-order valence-corrected chi connectivity index (χ4v) is 2.22. The van der Waals surface area contributed by atoms with Crippen LogP contribution in [0.1, 0.15) is 17.9 Å². The van der Waals surface area contributed by atoms with Gasteiger partial charge in [0, 0.05) is 11.2 Å². The number of benzene rings is 1. The van der Waals surface area contributed by atoms with Crippen molar-refractivity contribution in [2.75, 3.05) is 11.9 Å². The van der Waals surface area contributed by atoms with E-state index in [1.807, 2.05) is 0 Å². The molecule has 2 rings (SSSR count). The molecule has 0 N–H and O–H groups in total. The molecule has 2 atom stereocenters. The van der Waals surface area contributed by atoms with E-state index in [1.165, 1.54) is 5.56 Å². The summed E-state index contributed by atoms with van der Waals surface area (Å²) in [6, 6.07) is 10.6. The van der Waals surface area contributed by atoms with Crippen LogP contribution in [0.15, 0.2) is 30.3 Å². The van der Waals surface area contributed by atoms with Gasteiger partial charge in [-0.1, -0.05) is 46.3 Å². The third-order valence-corrected chi connectivity index (χ3v) is 3.25. The van der Waals surface area contributed by atoms with Gasteiger partial charge in [-0.15, -0.1) is 0 Å². The average Bonchev–Trinajstić information content (AvgIpc) is 2.67. The molecule has 13 heavy (non-hydrogen) atoms. The molecule has 0 aromatic heterocycles. The van der Waals surface area contributed by atoms with Gasteiger partial charge in [0.1, 0.15) is 0 Å². The quantitative estimate of drug-likeness (QED) is 0.723. The van der Waals surface area contributed by atoms with E-state index in [-0.39, 0.29) is 0 Å². The van der Waals surface area contributed by atoms with Gasteiger partial charge < -0.3 is 4.74 Å². The Balaban J connectivity index is 2.04. The van der Waals surface area contributed by atoms with Crippen LogP contribution in [0.5, 0.6) is 0 Å². The third-order valence-electron chi connectivity index (χ3n) is 2.52. The largest absolute Gasteiger partial charge is 0.377 e. The lowest BCUT2D eigenvalue weighted by atomic mass is 9.97. The van der Waals surface area contributed by atoms with Crippen molar-refractivity contribution in [3.8, 4) is 0 Å². The van der Waals surface area contributed by atoms with Gasteiger partial charge in [0.2, 0.25) is 0 Å². The Morgan fingerprint density at radius 3 is 2.69 bits per heavy atom. The van der Waals surface area contributed by atoms with Gasteiger partial charge in [-0.25, -0.2) is 0 Å². The maximum atomic E-state index is 5.62. The van der Waals surface area contributed by atoms with Gasteiger partial charge >= 0.3 is 0 Å². The van der Waals surface area contributed by atoms with Crippen LogP contribution in [0.3, 0.4) is 0 Å². The summed E-state index contributed by atoms with van der Waals surface area (Å²) < 4.78 is 5.62. The number of ether oxygens (including phenoxy) is 1. The van der Waals surface area contributed by atoms with Crippen LogP contribution < -0.4 is 0 Å². The predicted molar refractivity (Wildman–Crippen MR) is 57.3 cm³/mol. The SMILES string of the molecule is BrCC1CC(c2ccccc2)CO1. The molecule has 0 radical (unpaired) electrons. The van der Waals surface area contributed by atoms with Crippen LogP contribution in [0.2, 0.25) is 0 Å². The van der Waals surface area contributed by atoms with E-state index < -0.39 is 0 Å². The Labute approximate surface area is 87.2 Å².